The summed E-state index contributed by atoms with van der Waals surface area (Å²) in [5.41, 5.74) is 5.93. The predicted molar refractivity (Wildman–Crippen MR) is 123 cm³/mol. The molecule has 1 heterocycles. The lowest BCUT2D eigenvalue weighted by Gasteiger charge is -2.29. The Kier molecular flexibility index (Phi) is 7.14. The van der Waals surface area contributed by atoms with Crippen LogP contribution in [0.2, 0.25) is 5.02 Å². The van der Waals surface area contributed by atoms with E-state index < -0.39 is 29.2 Å². The summed E-state index contributed by atoms with van der Waals surface area (Å²) in [5.74, 6) is -2.28. The van der Waals surface area contributed by atoms with Gasteiger partial charge in [0.1, 0.15) is 11.9 Å². The van der Waals surface area contributed by atoms with Crippen molar-refractivity contribution in [1.82, 2.24) is 20.4 Å². The third kappa shape index (κ3) is 5.55. The van der Waals surface area contributed by atoms with Crippen molar-refractivity contribution in [3.05, 3.63) is 64.6 Å². The van der Waals surface area contributed by atoms with Gasteiger partial charge in [0, 0.05) is 5.39 Å². The number of nitrogens with zero attached hydrogens (tertiary/aromatic N) is 2. The number of nitrogens with two attached hydrogens (primary N) is 1. The van der Waals surface area contributed by atoms with Crippen LogP contribution in [0.25, 0.3) is 10.9 Å². The van der Waals surface area contributed by atoms with Crippen LogP contribution in [0.4, 0.5) is 4.39 Å². The Morgan fingerprint density at radius 1 is 1.15 bits per heavy atom. The third-order valence-corrected chi connectivity index (χ3v) is 5.34. The van der Waals surface area contributed by atoms with Crippen molar-refractivity contribution >= 4 is 40.2 Å². The molecule has 8 nitrogen and oxygen atoms in total. The van der Waals surface area contributed by atoms with E-state index in [2.05, 4.69) is 15.7 Å². The molecule has 2 aromatic carbocycles. The summed E-state index contributed by atoms with van der Waals surface area (Å²) in [7, 11) is 0. The first-order chi connectivity index (χ1) is 15.5. The normalized spacial score (nSPS) is 12.4. The zero-order valence-corrected chi connectivity index (χ0v) is 19.2. The Bertz CT molecular complexity index is 1200. The molecule has 10 heteroatoms. The second-order valence-corrected chi connectivity index (χ2v) is 9.06. The van der Waals surface area contributed by atoms with E-state index in [0.29, 0.717) is 15.9 Å². The highest BCUT2D eigenvalue weighted by atomic mass is 35.5. The SMILES string of the molecule is CC(C)(C)C(NC(=O)c1nn(Cc2ccc(F)cc2)c2c(Cl)cccc12)C(=O)NC(=O)CN. The molecule has 1 aromatic heterocycles. The summed E-state index contributed by atoms with van der Waals surface area (Å²) < 4.78 is 14.8. The number of carbonyl (C=O) groups is 3. The van der Waals surface area contributed by atoms with E-state index >= 15 is 0 Å². The monoisotopic (exact) mass is 473 g/mol. The highest BCUT2D eigenvalue weighted by molar-refractivity contribution is 6.35. The minimum atomic E-state index is -1.03. The summed E-state index contributed by atoms with van der Waals surface area (Å²) in [6, 6.07) is 9.96. The topological polar surface area (TPSA) is 119 Å². The summed E-state index contributed by atoms with van der Waals surface area (Å²) >= 11 is 6.41. The number of hydrogen-bond acceptors (Lipinski definition) is 5. The van der Waals surface area contributed by atoms with Gasteiger partial charge in [0.15, 0.2) is 5.69 Å². The molecule has 33 heavy (non-hydrogen) atoms. The van der Waals surface area contributed by atoms with Gasteiger partial charge in [0.2, 0.25) is 11.8 Å². The van der Waals surface area contributed by atoms with Gasteiger partial charge in [-0.15, -0.1) is 0 Å². The first-order valence-electron chi connectivity index (χ1n) is 10.3. The first-order valence-corrected chi connectivity index (χ1v) is 10.6. The third-order valence-electron chi connectivity index (χ3n) is 5.03. The van der Waals surface area contributed by atoms with Crippen molar-refractivity contribution in [3.8, 4) is 0 Å². The van der Waals surface area contributed by atoms with Crippen molar-refractivity contribution < 1.29 is 18.8 Å². The molecule has 0 aliphatic rings. The Morgan fingerprint density at radius 2 is 1.82 bits per heavy atom. The molecule has 0 fully saturated rings. The van der Waals surface area contributed by atoms with E-state index in [1.165, 1.54) is 12.1 Å². The van der Waals surface area contributed by atoms with Gasteiger partial charge in [-0.2, -0.15) is 5.10 Å². The zero-order chi connectivity index (χ0) is 24.3. The van der Waals surface area contributed by atoms with E-state index in [0.717, 1.165) is 5.56 Å². The number of imide groups is 1. The fourth-order valence-electron chi connectivity index (χ4n) is 3.37. The van der Waals surface area contributed by atoms with Crippen LogP contribution in [0.1, 0.15) is 36.8 Å². The first kappa shape index (κ1) is 24.3. The summed E-state index contributed by atoms with van der Waals surface area (Å²) in [5, 5.41) is 10.2. The Morgan fingerprint density at radius 3 is 2.42 bits per heavy atom. The molecular formula is C23H25ClFN5O3. The van der Waals surface area contributed by atoms with E-state index in [1.54, 1.807) is 55.8 Å². The molecule has 1 unspecified atom stereocenters. The Balaban J connectivity index is 1.97. The van der Waals surface area contributed by atoms with Crippen molar-refractivity contribution in [3.63, 3.8) is 0 Å². The van der Waals surface area contributed by atoms with Crippen molar-refractivity contribution in [2.75, 3.05) is 6.54 Å². The van der Waals surface area contributed by atoms with E-state index in [4.69, 9.17) is 17.3 Å². The van der Waals surface area contributed by atoms with Crippen LogP contribution in [0.3, 0.4) is 0 Å². The second-order valence-electron chi connectivity index (χ2n) is 8.66. The van der Waals surface area contributed by atoms with Crippen molar-refractivity contribution in [1.29, 1.82) is 0 Å². The number of aromatic nitrogens is 2. The Labute approximate surface area is 195 Å². The molecule has 0 spiro atoms. The highest BCUT2D eigenvalue weighted by Crippen LogP contribution is 2.28. The van der Waals surface area contributed by atoms with Gasteiger partial charge in [-0.3, -0.25) is 24.4 Å². The molecule has 0 radical (unpaired) electrons. The minimum Gasteiger partial charge on any atom is -0.338 e. The molecule has 3 amide bonds. The predicted octanol–water partition coefficient (Wildman–Crippen LogP) is 2.62. The molecule has 3 rings (SSSR count). The van der Waals surface area contributed by atoms with Gasteiger partial charge in [0.25, 0.3) is 5.91 Å². The minimum absolute atomic E-state index is 0.0711. The number of nitrogens with one attached hydrogen (secondary N) is 2. The maximum atomic E-state index is 13.3. The summed E-state index contributed by atoms with van der Waals surface area (Å²) in [6.07, 6.45) is 0. The molecule has 3 aromatic rings. The van der Waals surface area contributed by atoms with Gasteiger partial charge < -0.3 is 11.1 Å². The zero-order valence-electron chi connectivity index (χ0n) is 18.5. The number of benzene rings is 2. The smallest absolute Gasteiger partial charge is 0.273 e. The average molecular weight is 474 g/mol. The highest BCUT2D eigenvalue weighted by Gasteiger charge is 2.34. The van der Waals surface area contributed by atoms with Gasteiger partial charge in [0.05, 0.1) is 23.6 Å². The molecule has 174 valence electrons. The van der Waals surface area contributed by atoms with Crippen molar-refractivity contribution in [2.45, 2.75) is 33.4 Å². The van der Waals surface area contributed by atoms with Crippen LogP contribution in [0, 0.1) is 11.2 Å². The molecule has 0 bridgehead atoms. The number of fused-ring (bicyclic) bond motifs is 1. The fraction of sp³-hybridized carbons (Fsp3) is 0.304. The standard InChI is InChI=1S/C23H25ClFN5O3/c1-23(2,3)20(22(33)27-17(31)11-26)28-21(32)18-15-5-4-6-16(24)19(15)30(29-18)12-13-7-9-14(25)10-8-13/h4-10,20H,11-12,26H2,1-3H3,(H,28,32)(H,27,31,33). The summed E-state index contributed by atoms with van der Waals surface area (Å²) in [4.78, 5) is 37.5. The average Bonchev–Trinajstić information content (AvgIpc) is 3.12. The maximum Gasteiger partial charge on any atom is 0.273 e. The van der Waals surface area contributed by atoms with E-state index in [1.807, 2.05) is 0 Å². The molecule has 0 saturated heterocycles. The van der Waals surface area contributed by atoms with Gasteiger partial charge >= 0.3 is 0 Å². The lowest BCUT2D eigenvalue weighted by Crippen LogP contribution is -2.55. The molecule has 4 N–H and O–H groups in total. The number of rotatable bonds is 6. The lowest BCUT2D eigenvalue weighted by atomic mass is 9.86. The number of carbonyl (C=O) groups excluding carboxylic acids is 3. The van der Waals surface area contributed by atoms with Crippen LogP contribution in [0.5, 0.6) is 0 Å². The lowest BCUT2D eigenvalue weighted by molar-refractivity contribution is -0.132. The van der Waals surface area contributed by atoms with Crippen molar-refractivity contribution in [2.24, 2.45) is 11.1 Å². The largest absolute Gasteiger partial charge is 0.338 e. The summed E-state index contributed by atoms with van der Waals surface area (Å²) in [6.45, 7) is 5.17. The van der Waals surface area contributed by atoms with Crippen LogP contribution in [0.15, 0.2) is 42.5 Å². The van der Waals surface area contributed by atoms with Gasteiger partial charge in [-0.1, -0.05) is 56.6 Å². The van der Waals surface area contributed by atoms with Crippen LogP contribution < -0.4 is 16.4 Å². The number of halogens is 2. The van der Waals surface area contributed by atoms with Gasteiger partial charge in [-0.05, 0) is 29.2 Å². The molecule has 0 aliphatic carbocycles. The Hall–Kier alpha value is -3.30. The van der Waals surface area contributed by atoms with Crippen LogP contribution in [-0.2, 0) is 16.1 Å². The second kappa shape index (κ2) is 9.68. The molecule has 0 saturated carbocycles. The number of amides is 3. The molecule has 0 aliphatic heterocycles. The number of para-hydroxylation sites is 1. The van der Waals surface area contributed by atoms with E-state index in [9.17, 15) is 18.8 Å². The fourth-order valence-corrected chi connectivity index (χ4v) is 3.65. The van der Waals surface area contributed by atoms with E-state index in [-0.39, 0.29) is 24.6 Å². The van der Waals surface area contributed by atoms with Crippen LogP contribution in [-0.4, -0.2) is 40.1 Å². The molecular weight excluding hydrogens is 449 g/mol. The van der Waals surface area contributed by atoms with Crippen LogP contribution >= 0.6 is 11.6 Å². The quantitative estimate of drug-likeness (QED) is 0.508. The van der Waals surface area contributed by atoms with Gasteiger partial charge in [-0.25, -0.2) is 4.39 Å². The molecule has 1 atom stereocenters. The maximum absolute atomic E-state index is 13.3. The number of hydrogen-bond donors (Lipinski definition) is 3.